The highest BCUT2D eigenvalue weighted by Crippen LogP contribution is 2.49. The lowest BCUT2D eigenvalue weighted by atomic mass is 9.61. The van der Waals surface area contributed by atoms with Gasteiger partial charge in [-0.05, 0) is 62.7 Å². The van der Waals surface area contributed by atoms with E-state index in [4.69, 9.17) is 9.47 Å². The molecule has 0 aromatic carbocycles. The van der Waals surface area contributed by atoms with Gasteiger partial charge in [-0.25, -0.2) is 9.59 Å². The number of unbranched alkanes of at least 4 members (excludes halogenated alkanes) is 2. The van der Waals surface area contributed by atoms with Gasteiger partial charge in [0.25, 0.3) is 0 Å². The van der Waals surface area contributed by atoms with E-state index < -0.39 is 0 Å². The maximum atomic E-state index is 12.0. The SMILES string of the molecule is C=C(C)C(=O)OCC(CC)CCCCCC1(C)CC(OC(=O)C(=C)C)CC(C)(C)C1. The number of hydrogen-bond donors (Lipinski definition) is 0. The van der Waals surface area contributed by atoms with Crippen LogP contribution in [-0.2, 0) is 19.1 Å². The van der Waals surface area contributed by atoms with Gasteiger partial charge in [-0.2, -0.15) is 0 Å². The Morgan fingerprint density at radius 3 is 2.20 bits per heavy atom. The summed E-state index contributed by atoms with van der Waals surface area (Å²) >= 11 is 0. The van der Waals surface area contributed by atoms with Gasteiger partial charge in [-0.15, -0.1) is 0 Å². The fraction of sp³-hybridized carbons (Fsp3) is 0.769. The number of hydrogen-bond acceptors (Lipinski definition) is 4. The molecule has 1 rings (SSSR count). The van der Waals surface area contributed by atoms with Crippen molar-refractivity contribution in [2.75, 3.05) is 6.61 Å². The van der Waals surface area contributed by atoms with E-state index in [0.717, 1.165) is 44.9 Å². The Bertz CT molecular complexity index is 619. The summed E-state index contributed by atoms with van der Waals surface area (Å²) in [6, 6.07) is 0. The summed E-state index contributed by atoms with van der Waals surface area (Å²) in [6.45, 7) is 20.3. The summed E-state index contributed by atoms with van der Waals surface area (Å²) in [5.74, 6) is -0.135. The molecular weight excluding hydrogens is 376 g/mol. The zero-order chi connectivity index (χ0) is 22.9. The van der Waals surface area contributed by atoms with Crippen LogP contribution in [0.4, 0.5) is 0 Å². The third-order valence-electron chi connectivity index (χ3n) is 6.30. The average Bonchev–Trinajstić information content (AvgIpc) is 2.61. The fourth-order valence-electron chi connectivity index (χ4n) is 4.95. The molecule has 0 aliphatic heterocycles. The van der Waals surface area contributed by atoms with Crippen LogP contribution >= 0.6 is 0 Å². The average molecular weight is 421 g/mol. The Labute approximate surface area is 184 Å². The molecule has 0 aromatic rings. The van der Waals surface area contributed by atoms with E-state index in [-0.39, 0.29) is 28.9 Å². The van der Waals surface area contributed by atoms with E-state index in [1.165, 1.54) is 12.8 Å². The van der Waals surface area contributed by atoms with E-state index in [0.29, 0.717) is 23.7 Å². The van der Waals surface area contributed by atoms with Crippen molar-refractivity contribution < 1.29 is 19.1 Å². The van der Waals surface area contributed by atoms with Crippen LogP contribution in [0.2, 0.25) is 0 Å². The third-order valence-corrected chi connectivity index (χ3v) is 6.30. The molecule has 0 saturated heterocycles. The lowest BCUT2D eigenvalue weighted by Crippen LogP contribution is -2.40. The van der Waals surface area contributed by atoms with E-state index in [1.54, 1.807) is 13.8 Å². The van der Waals surface area contributed by atoms with Gasteiger partial charge in [0, 0.05) is 11.1 Å². The van der Waals surface area contributed by atoms with Gasteiger partial charge in [0.05, 0.1) is 6.61 Å². The van der Waals surface area contributed by atoms with Gasteiger partial charge in [-0.1, -0.05) is 66.5 Å². The summed E-state index contributed by atoms with van der Waals surface area (Å²) in [7, 11) is 0. The second kappa shape index (κ2) is 11.7. The van der Waals surface area contributed by atoms with Crippen LogP contribution in [0.25, 0.3) is 0 Å². The molecule has 1 saturated carbocycles. The Morgan fingerprint density at radius 2 is 1.63 bits per heavy atom. The van der Waals surface area contributed by atoms with E-state index in [2.05, 4.69) is 40.9 Å². The van der Waals surface area contributed by atoms with Crippen LogP contribution < -0.4 is 0 Å². The molecule has 0 aromatic heterocycles. The second-order valence-corrected chi connectivity index (χ2v) is 10.6. The van der Waals surface area contributed by atoms with Gasteiger partial charge >= 0.3 is 11.9 Å². The molecule has 1 fully saturated rings. The number of rotatable bonds is 12. The minimum atomic E-state index is -0.289. The van der Waals surface area contributed by atoms with Gasteiger partial charge < -0.3 is 9.47 Å². The van der Waals surface area contributed by atoms with Crippen LogP contribution in [0, 0.1) is 16.7 Å². The van der Waals surface area contributed by atoms with Crippen LogP contribution in [0.15, 0.2) is 24.3 Å². The molecule has 0 N–H and O–H groups in total. The molecule has 0 radical (unpaired) electrons. The predicted molar refractivity (Wildman–Crippen MR) is 123 cm³/mol. The molecule has 4 nitrogen and oxygen atoms in total. The topological polar surface area (TPSA) is 52.6 Å². The van der Waals surface area contributed by atoms with Crippen molar-refractivity contribution in [1.82, 2.24) is 0 Å². The molecule has 30 heavy (non-hydrogen) atoms. The first-order chi connectivity index (χ1) is 13.9. The zero-order valence-electron chi connectivity index (χ0n) is 20.3. The highest BCUT2D eigenvalue weighted by Gasteiger charge is 2.42. The Kier molecular flexibility index (Phi) is 10.3. The number of esters is 2. The Morgan fingerprint density at radius 1 is 1.00 bits per heavy atom. The first-order valence-corrected chi connectivity index (χ1v) is 11.6. The van der Waals surface area contributed by atoms with Crippen LogP contribution in [0.1, 0.15) is 99.3 Å². The molecule has 1 aliphatic carbocycles. The van der Waals surface area contributed by atoms with E-state index >= 15 is 0 Å². The lowest BCUT2D eigenvalue weighted by molar-refractivity contribution is -0.151. The molecular formula is C26H44O4. The van der Waals surface area contributed by atoms with Gasteiger partial charge in [0.15, 0.2) is 0 Å². The minimum absolute atomic E-state index is 0.0181. The normalized spacial score (nSPS) is 24.0. The molecule has 1 aliphatic rings. The van der Waals surface area contributed by atoms with E-state index in [1.807, 2.05) is 0 Å². The maximum absolute atomic E-state index is 12.0. The third kappa shape index (κ3) is 9.49. The summed E-state index contributed by atoms with van der Waals surface area (Å²) in [6.07, 6.45) is 9.76. The van der Waals surface area contributed by atoms with Gasteiger partial charge in [0.1, 0.15) is 6.10 Å². The number of carbonyl (C=O) groups is 2. The monoisotopic (exact) mass is 420 g/mol. The molecule has 4 heteroatoms. The summed E-state index contributed by atoms with van der Waals surface area (Å²) in [5.41, 5.74) is 1.30. The highest BCUT2D eigenvalue weighted by atomic mass is 16.5. The van der Waals surface area contributed by atoms with Crippen LogP contribution in [0.5, 0.6) is 0 Å². The first-order valence-electron chi connectivity index (χ1n) is 11.6. The smallest absolute Gasteiger partial charge is 0.333 e. The molecule has 0 heterocycles. The second-order valence-electron chi connectivity index (χ2n) is 10.6. The van der Waals surface area contributed by atoms with Crippen molar-refractivity contribution in [1.29, 1.82) is 0 Å². The van der Waals surface area contributed by atoms with Crippen molar-refractivity contribution in [3.63, 3.8) is 0 Å². The fourth-order valence-corrected chi connectivity index (χ4v) is 4.95. The van der Waals surface area contributed by atoms with E-state index in [9.17, 15) is 9.59 Å². The molecule has 3 atom stereocenters. The first kappa shape index (κ1) is 26.5. The van der Waals surface area contributed by atoms with Gasteiger partial charge in [-0.3, -0.25) is 0 Å². The van der Waals surface area contributed by atoms with Crippen molar-refractivity contribution in [3.8, 4) is 0 Å². The highest BCUT2D eigenvalue weighted by molar-refractivity contribution is 5.87. The molecule has 0 amide bonds. The zero-order valence-corrected chi connectivity index (χ0v) is 20.3. The molecule has 172 valence electrons. The molecule has 0 bridgehead atoms. The molecule has 3 unspecified atom stereocenters. The van der Waals surface area contributed by atoms with Crippen LogP contribution in [0.3, 0.4) is 0 Å². The maximum Gasteiger partial charge on any atom is 0.333 e. The Hall–Kier alpha value is -1.58. The lowest BCUT2D eigenvalue weighted by Gasteiger charge is -2.46. The predicted octanol–water partition coefficient (Wildman–Crippen LogP) is 6.79. The van der Waals surface area contributed by atoms with Gasteiger partial charge in [0.2, 0.25) is 0 Å². The Balaban J connectivity index is 2.44. The van der Waals surface area contributed by atoms with Crippen LogP contribution in [-0.4, -0.2) is 24.6 Å². The number of carbonyl (C=O) groups excluding carboxylic acids is 2. The van der Waals surface area contributed by atoms with Crippen molar-refractivity contribution in [2.24, 2.45) is 16.7 Å². The quantitative estimate of drug-likeness (QED) is 0.198. The molecule has 0 spiro atoms. The standard InChI is InChI=1S/C26H44O4/c1-9-21(17-29-23(27)19(2)3)13-11-10-12-14-26(8)16-22(15-25(6,7)18-26)30-24(28)20(4)5/h21-22H,2,4,9-18H2,1,3,5-8H3. The van der Waals surface area contributed by atoms with Crippen molar-refractivity contribution in [2.45, 2.75) is 105 Å². The van der Waals surface area contributed by atoms with Crippen molar-refractivity contribution >= 4 is 11.9 Å². The largest absolute Gasteiger partial charge is 0.462 e. The minimum Gasteiger partial charge on any atom is -0.462 e. The summed E-state index contributed by atoms with van der Waals surface area (Å²) < 4.78 is 11.1. The summed E-state index contributed by atoms with van der Waals surface area (Å²) in [4.78, 5) is 23.6. The summed E-state index contributed by atoms with van der Waals surface area (Å²) in [5, 5.41) is 0. The number of ether oxygens (including phenoxy) is 2. The van der Waals surface area contributed by atoms with Crippen molar-refractivity contribution in [3.05, 3.63) is 24.3 Å².